The molecular weight excluding hydrogens is 370 g/mol. The summed E-state index contributed by atoms with van der Waals surface area (Å²) < 4.78 is 11.3. The molecule has 4 rings (SSSR count). The van der Waals surface area contributed by atoms with Crippen molar-refractivity contribution in [2.24, 2.45) is 0 Å². The molecule has 2 aliphatic rings. The normalized spacial score (nSPS) is 18.4. The Balaban J connectivity index is 0.00000210. The van der Waals surface area contributed by atoms with Crippen molar-refractivity contribution in [1.82, 2.24) is 25.7 Å². The van der Waals surface area contributed by atoms with E-state index in [0.29, 0.717) is 32.0 Å². The van der Waals surface area contributed by atoms with E-state index in [1.54, 1.807) is 0 Å². The number of carbonyl (C=O) groups excluding carboxylic acids is 1. The van der Waals surface area contributed by atoms with Crippen LogP contribution in [0.2, 0.25) is 0 Å². The summed E-state index contributed by atoms with van der Waals surface area (Å²) in [6.07, 6.45) is 0.873. The van der Waals surface area contributed by atoms with Crippen molar-refractivity contribution < 1.29 is 13.9 Å². The number of hydrogen-bond donors (Lipinski definition) is 3. The highest BCUT2D eigenvalue weighted by molar-refractivity contribution is 5.94. The van der Waals surface area contributed by atoms with Crippen LogP contribution in [0.4, 0.5) is 0 Å². The number of aromatic nitrogens is 2. The molecule has 0 aliphatic carbocycles. The molecule has 1 unspecified atom stereocenters. The molecule has 3 N–H and O–H groups in total. The second kappa shape index (κ2) is 8.88. The highest BCUT2D eigenvalue weighted by atomic mass is 35.5. The van der Waals surface area contributed by atoms with Crippen molar-refractivity contribution in [3.63, 3.8) is 0 Å². The van der Waals surface area contributed by atoms with Gasteiger partial charge in [0.2, 0.25) is 0 Å². The number of aryl methyl sites for hydroxylation is 1. The van der Waals surface area contributed by atoms with Crippen LogP contribution >= 0.6 is 12.4 Å². The third-order valence-electron chi connectivity index (χ3n) is 5.05. The molecule has 4 heterocycles. The predicted molar refractivity (Wildman–Crippen MR) is 102 cm³/mol. The molecule has 0 aromatic carbocycles. The fraction of sp³-hybridized carbons (Fsp3) is 0.556. The largest absolute Gasteiger partial charge is 0.465 e. The van der Waals surface area contributed by atoms with Gasteiger partial charge < -0.3 is 19.8 Å². The number of carbonyl (C=O) groups is 1. The highest BCUT2D eigenvalue weighted by Gasteiger charge is 2.27. The Labute approximate surface area is 164 Å². The quantitative estimate of drug-likeness (QED) is 0.703. The van der Waals surface area contributed by atoms with Crippen LogP contribution in [0.5, 0.6) is 0 Å². The number of ether oxygens (including phenoxy) is 1. The van der Waals surface area contributed by atoms with E-state index in [2.05, 4.69) is 25.7 Å². The van der Waals surface area contributed by atoms with Crippen LogP contribution in [0.15, 0.2) is 16.5 Å². The van der Waals surface area contributed by atoms with E-state index in [1.165, 1.54) is 0 Å². The second-order valence-electron chi connectivity index (χ2n) is 6.78. The fourth-order valence-electron chi connectivity index (χ4n) is 3.62. The van der Waals surface area contributed by atoms with Crippen LogP contribution in [0.25, 0.3) is 0 Å². The van der Waals surface area contributed by atoms with Gasteiger partial charge in [0.1, 0.15) is 11.5 Å². The third kappa shape index (κ3) is 4.35. The predicted octanol–water partition coefficient (Wildman–Crippen LogP) is 1.18. The topological polar surface area (TPSA) is 95.4 Å². The lowest BCUT2D eigenvalue weighted by atomic mass is 10.1. The lowest BCUT2D eigenvalue weighted by Crippen LogP contribution is -2.44. The Hall–Kier alpha value is -1.87. The fourth-order valence-corrected chi connectivity index (χ4v) is 3.62. The molecule has 0 saturated carbocycles. The van der Waals surface area contributed by atoms with Gasteiger partial charge in [0, 0.05) is 50.4 Å². The van der Waals surface area contributed by atoms with Gasteiger partial charge in [-0.1, -0.05) is 0 Å². The van der Waals surface area contributed by atoms with Gasteiger partial charge in [-0.25, -0.2) is 0 Å². The van der Waals surface area contributed by atoms with Gasteiger partial charge in [-0.15, -0.1) is 12.4 Å². The van der Waals surface area contributed by atoms with Crippen LogP contribution < -0.4 is 10.6 Å². The zero-order valence-corrected chi connectivity index (χ0v) is 16.2. The van der Waals surface area contributed by atoms with E-state index in [4.69, 9.17) is 9.15 Å². The Bertz CT molecular complexity index is 769. The number of nitrogens with zero attached hydrogens (tertiary/aromatic N) is 2. The first kappa shape index (κ1) is 19.9. The third-order valence-corrected chi connectivity index (χ3v) is 5.05. The van der Waals surface area contributed by atoms with E-state index in [1.807, 2.05) is 19.1 Å². The molecule has 1 fully saturated rings. The van der Waals surface area contributed by atoms with Crippen molar-refractivity contribution in [1.29, 1.82) is 0 Å². The van der Waals surface area contributed by atoms with Crippen LogP contribution in [0.1, 0.15) is 39.3 Å². The molecule has 2 aromatic rings. The zero-order valence-electron chi connectivity index (χ0n) is 15.4. The molecule has 0 bridgehead atoms. The molecule has 1 amide bonds. The number of amides is 1. The highest BCUT2D eigenvalue weighted by Crippen LogP contribution is 2.23. The van der Waals surface area contributed by atoms with Crippen LogP contribution in [-0.4, -0.2) is 60.4 Å². The number of halogens is 1. The molecule has 148 valence electrons. The summed E-state index contributed by atoms with van der Waals surface area (Å²) in [6.45, 7) is 7.03. The maximum atomic E-state index is 12.7. The number of nitrogens with one attached hydrogen (secondary N) is 3. The molecule has 1 saturated heterocycles. The lowest BCUT2D eigenvalue weighted by Gasteiger charge is -2.33. The van der Waals surface area contributed by atoms with Gasteiger partial charge in [0.15, 0.2) is 5.69 Å². The summed E-state index contributed by atoms with van der Waals surface area (Å²) in [6, 6.07) is 3.94. The molecule has 9 heteroatoms. The number of aromatic amines is 1. The molecule has 0 radical (unpaired) electrons. The van der Waals surface area contributed by atoms with E-state index < -0.39 is 0 Å². The van der Waals surface area contributed by atoms with Crippen molar-refractivity contribution in [2.75, 3.05) is 39.4 Å². The monoisotopic (exact) mass is 395 g/mol. The molecule has 27 heavy (non-hydrogen) atoms. The Morgan fingerprint density at radius 1 is 1.37 bits per heavy atom. The maximum absolute atomic E-state index is 12.7. The number of H-pyrrole nitrogens is 1. The van der Waals surface area contributed by atoms with Crippen LogP contribution in [0.3, 0.4) is 0 Å². The Morgan fingerprint density at radius 3 is 2.93 bits per heavy atom. The molecule has 2 aromatic heterocycles. The summed E-state index contributed by atoms with van der Waals surface area (Å²) in [4.78, 5) is 15.0. The average Bonchev–Trinajstić information content (AvgIpc) is 3.29. The first-order valence-electron chi connectivity index (χ1n) is 9.15. The minimum atomic E-state index is -0.146. The first-order valence-corrected chi connectivity index (χ1v) is 9.15. The number of rotatable bonds is 5. The Morgan fingerprint density at radius 2 is 2.19 bits per heavy atom. The first-order chi connectivity index (χ1) is 12.7. The van der Waals surface area contributed by atoms with Gasteiger partial charge >= 0.3 is 0 Å². The van der Waals surface area contributed by atoms with Crippen molar-refractivity contribution in [2.45, 2.75) is 25.9 Å². The smallest absolute Gasteiger partial charge is 0.272 e. The average molecular weight is 396 g/mol. The van der Waals surface area contributed by atoms with Crippen molar-refractivity contribution >= 4 is 18.3 Å². The number of hydrogen-bond acceptors (Lipinski definition) is 6. The van der Waals surface area contributed by atoms with Gasteiger partial charge in [-0.2, -0.15) is 5.10 Å². The molecule has 2 aliphatic heterocycles. The number of morpholine rings is 1. The lowest BCUT2D eigenvalue weighted by molar-refractivity contribution is 0.0116. The van der Waals surface area contributed by atoms with Gasteiger partial charge in [0.25, 0.3) is 5.91 Å². The standard InChI is InChI=1S/C18H25N5O3.ClH/c1-12-2-3-16(26-12)15(23-6-8-25-9-7-23)11-20-18(24)17-13-10-19-5-4-14(13)21-22-17;/h2-3,15,19H,4-11H2,1H3,(H,20,24)(H,21,22);1H. The number of fused-ring (bicyclic) bond motifs is 1. The van der Waals surface area contributed by atoms with Gasteiger partial charge in [-0.05, 0) is 19.1 Å². The summed E-state index contributed by atoms with van der Waals surface area (Å²) in [5.41, 5.74) is 2.52. The summed E-state index contributed by atoms with van der Waals surface area (Å²) in [5.74, 6) is 1.60. The van der Waals surface area contributed by atoms with E-state index >= 15 is 0 Å². The van der Waals surface area contributed by atoms with E-state index in [0.717, 1.165) is 48.8 Å². The van der Waals surface area contributed by atoms with Crippen LogP contribution in [0, 0.1) is 6.92 Å². The molecule has 8 nitrogen and oxygen atoms in total. The van der Waals surface area contributed by atoms with Crippen LogP contribution in [-0.2, 0) is 17.7 Å². The van der Waals surface area contributed by atoms with Crippen molar-refractivity contribution in [3.8, 4) is 0 Å². The van der Waals surface area contributed by atoms with Crippen molar-refractivity contribution in [3.05, 3.63) is 40.6 Å². The summed E-state index contributed by atoms with van der Waals surface area (Å²) in [7, 11) is 0. The van der Waals surface area contributed by atoms with Gasteiger partial charge in [0.05, 0.1) is 19.3 Å². The minimum absolute atomic E-state index is 0. The SMILES string of the molecule is Cc1ccc(C(CNC(=O)c2n[nH]c3c2CNCC3)N2CCOCC2)o1.Cl. The molecular formula is C18H26ClN5O3. The van der Waals surface area contributed by atoms with Gasteiger partial charge in [-0.3, -0.25) is 14.8 Å². The Kier molecular flexibility index (Phi) is 6.54. The summed E-state index contributed by atoms with van der Waals surface area (Å²) >= 11 is 0. The minimum Gasteiger partial charge on any atom is -0.465 e. The number of furan rings is 1. The zero-order chi connectivity index (χ0) is 17.9. The summed E-state index contributed by atoms with van der Waals surface area (Å²) in [5, 5.41) is 13.6. The van der Waals surface area contributed by atoms with E-state index in [9.17, 15) is 4.79 Å². The van der Waals surface area contributed by atoms with E-state index in [-0.39, 0.29) is 24.4 Å². The second-order valence-corrected chi connectivity index (χ2v) is 6.78. The molecule has 1 atom stereocenters. The maximum Gasteiger partial charge on any atom is 0.272 e. The molecule has 0 spiro atoms.